The van der Waals surface area contributed by atoms with Crippen molar-refractivity contribution in [3.63, 3.8) is 0 Å². The van der Waals surface area contributed by atoms with Gasteiger partial charge in [-0.1, -0.05) is 244 Å². The summed E-state index contributed by atoms with van der Waals surface area (Å²) < 4.78 is 22.7. The lowest BCUT2D eigenvalue weighted by Crippen LogP contribution is -2.44. The minimum absolute atomic E-state index is 0.140. The lowest BCUT2D eigenvalue weighted by atomic mass is 10.0. The fraction of sp³-hybridized carbons (Fsp3) is 0.648. The standard InChI is InChI=1S/C71H117NO8/c1-6-8-10-12-14-16-18-20-22-23-24-25-26-27-28-29-30-31-32-33-34-35-36-37-38-39-40-41-42-43-44-45-46-47-48-50-52-54-56-58-60-62-69(74)80-67(66-79-71(70(75)76)77-64-63-72(3,4)5)65-78-68(73)61-59-57-55-53-51-49-21-19-17-15-13-11-9-7-2/h8,10,14,16,19-22,24-25,27-28,30-31,33-34,36-37,39-40,42-43,67,71H,6-7,9,11-13,15,17-18,23,26,29,32,35,38,41,44-66H2,1-5H3/b10-8-,16-14-,21-19-,22-20-,25-24-,28-27-,31-30-,34-33-,37-36-,40-39-,43-42-. The summed E-state index contributed by atoms with van der Waals surface area (Å²) >= 11 is 0. The molecule has 0 saturated carbocycles. The summed E-state index contributed by atoms with van der Waals surface area (Å²) in [7, 11) is 5.91. The van der Waals surface area contributed by atoms with E-state index in [4.69, 9.17) is 18.9 Å². The SMILES string of the molecule is CC/C=C\C/C=C\C/C=C\C/C=C\C/C=C\C/C=C\C/C=C\C/C=C\C/C=C\C/C=C\CCCCCCCCCCCCC(=O)OC(COC(=O)CCCCCCC/C=C\CCCCCCC)COC(OCC[N+](C)(C)C)C(=O)[O-]. The van der Waals surface area contributed by atoms with Crippen LogP contribution in [0.4, 0.5) is 0 Å². The van der Waals surface area contributed by atoms with Gasteiger partial charge in [-0.25, -0.2) is 0 Å². The highest BCUT2D eigenvalue weighted by atomic mass is 16.7. The van der Waals surface area contributed by atoms with Gasteiger partial charge in [0.2, 0.25) is 0 Å². The molecule has 454 valence electrons. The van der Waals surface area contributed by atoms with Crippen molar-refractivity contribution in [2.45, 2.75) is 251 Å². The third-order valence-corrected chi connectivity index (χ3v) is 13.1. The summed E-state index contributed by atoms with van der Waals surface area (Å²) in [6.07, 6.45) is 83.8. The molecule has 0 rings (SSSR count). The first kappa shape index (κ1) is 75.4. The molecule has 0 aliphatic rings. The van der Waals surface area contributed by atoms with Gasteiger partial charge in [0.25, 0.3) is 0 Å². The van der Waals surface area contributed by atoms with Crippen LogP contribution >= 0.6 is 0 Å². The van der Waals surface area contributed by atoms with E-state index in [9.17, 15) is 19.5 Å². The maximum atomic E-state index is 12.9. The molecular formula is C71H117NO8. The number of aliphatic carboxylic acids is 1. The molecule has 0 fully saturated rings. The molecule has 0 aromatic heterocycles. The van der Waals surface area contributed by atoms with E-state index >= 15 is 0 Å². The van der Waals surface area contributed by atoms with Crippen molar-refractivity contribution >= 4 is 17.9 Å². The molecular weight excluding hydrogens is 995 g/mol. The summed E-state index contributed by atoms with van der Waals surface area (Å²) in [4.78, 5) is 37.3. The fourth-order valence-electron chi connectivity index (χ4n) is 8.26. The van der Waals surface area contributed by atoms with E-state index in [2.05, 4.69) is 148 Å². The van der Waals surface area contributed by atoms with Gasteiger partial charge in [0.1, 0.15) is 13.2 Å². The van der Waals surface area contributed by atoms with E-state index in [-0.39, 0.29) is 38.6 Å². The highest BCUT2D eigenvalue weighted by Crippen LogP contribution is 2.15. The molecule has 0 spiro atoms. The Hall–Kier alpha value is -4.57. The monoisotopic (exact) mass is 1110 g/mol. The van der Waals surface area contributed by atoms with E-state index in [1.807, 2.05) is 21.1 Å². The molecule has 2 atom stereocenters. The number of hydrogen-bond acceptors (Lipinski definition) is 8. The van der Waals surface area contributed by atoms with Crippen LogP contribution in [0.1, 0.15) is 239 Å². The Balaban J connectivity index is 4.13. The quantitative estimate of drug-likeness (QED) is 0.0195. The second-order valence-electron chi connectivity index (χ2n) is 22.0. The number of rotatable bonds is 57. The number of likely N-dealkylation sites (N-methyl/N-ethyl adjacent to an activating group) is 1. The van der Waals surface area contributed by atoms with Crippen molar-refractivity contribution in [1.82, 2.24) is 0 Å². The Kier molecular flexibility index (Phi) is 57.1. The lowest BCUT2D eigenvalue weighted by Gasteiger charge is -2.26. The summed E-state index contributed by atoms with van der Waals surface area (Å²) in [5.41, 5.74) is 0. The molecule has 0 heterocycles. The normalized spacial score (nSPS) is 13.7. The van der Waals surface area contributed by atoms with Gasteiger partial charge in [0, 0.05) is 12.8 Å². The number of carboxylic acid groups (broad SMARTS) is 1. The molecule has 9 heteroatoms. The second kappa shape index (κ2) is 60.5. The van der Waals surface area contributed by atoms with Crippen LogP contribution in [-0.4, -0.2) is 82.3 Å². The van der Waals surface area contributed by atoms with E-state index in [1.165, 1.54) is 77.0 Å². The van der Waals surface area contributed by atoms with Gasteiger partial charge in [-0.05, 0) is 116 Å². The number of unbranched alkanes of at least 4 members (excludes halogenated alkanes) is 20. The topological polar surface area (TPSA) is 111 Å². The smallest absolute Gasteiger partial charge is 0.306 e. The Morgan fingerprint density at radius 3 is 1.07 bits per heavy atom. The van der Waals surface area contributed by atoms with E-state index < -0.39 is 24.3 Å². The minimum Gasteiger partial charge on any atom is -0.545 e. The van der Waals surface area contributed by atoms with Crippen LogP contribution in [0, 0.1) is 0 Å². The molecule has 0 aromatic carbocycles. The molecule has 0 bridgehead atoms. The highest BCUT2D eigenvalue weighted by molar-refractivity contribution is 5.70. The third-order valence-electron chi connectivity index (χ3n) is 13.1. The van der Waals surface area contributed by atoms with E-state index in [0.29, 0.717) is 17.4 Å². The zero-order chi connectivity index (χ0) is 58.3. The number of carboxylic acids is 1. The Bertz CT molecular complexity index is 1770. The number of hydrogen-bond donors (Lipinski definition) is 0. The van der Waals surface area contributed by atoms with Crippen LogP contribution in [0.15, 0.2) is 134 Å². The molecule has 9 nitrogen and oxygen atoms in total. The summed E-state index contributed by atoms with van der Waals surface area (Å²) in [6.45, 7) is 4.60. The van der Waals surface area contributed by atoms with Crippen molar-refractivity contribution in [3.05, 3.63) is 134 Å². The molecule has 80 heavy (non-hydrogen) atoms. The first-order valence-electron chi connectivity index (χ1n) is 31.8. The van der Waals surface area contributed by atoms with Crippen LogP contribution in [0.25, 0.3) is 0 Å². The number of carbonyl (C=O) groups is 3. The Morgan fingerprint density at radius 1 is 0.388 bits per heavy atom. The van der Waals surface area contributed by atoms with Gasteiger partial charge < -0.3 is 33.3 Å². The average Bonchev–Trinajstić information content (AvgIpc) is 3.43. The number of esters is 2. The van der Waals surface area contributed by atoms with E-state index in [0.717, 1.165) is 128 Å². The molecule has 0 aliphatic heterocycles. The first-order valence-corrected chi connectivity index (χ1v) is 31.8. The second-order valence-corrected chi connectivity index (χ2v) is 22.0. The molecule has 2 unspecified atom stereocenters. The van der Waals surface area contributed by atoms with Crippen LogP contribution < -0.4 is 5.11 Å². The van der Waals surface area contributed by atoms with Gasteiger partial charge in [0.15, 0.2) is 12.4 Å². The van der Waals surface area contributed by atoms with Gasteiger partial charge in [-0.3, -0.25) is 9.59 Å². The van der Waals surface area contributed by atoms with E-state index in [1.54, 1.807) is 0 Å². The van der Waals surface area contributed by atoms with Crippen molar-refractivity contribution in [1.29, 1.82) is 0 Å². The van der Waals surface area contributed by atoms with Crippen molar-refractivity contribution in [3.8, 4) is 0 Å². The summed E-state index contributed by atoms with van der Waals surface area (Å²) in [5.74, 6) is -2.31. The van der Waals surface area contributed by atoms with Gasteiger partial charge in [-0.15, -0.1) is 0 Å². The molecule has 0 aliphatic carbocycles. The predicted octanol–water partition coefficient (Wildman–Crippen LogP) is 18.1. The number of nitrogens with zero attached hydrogens (tertiary/aromatic N) is 1. The van der Waals surface area contributed by atoms with Crippen LogP contribution in [0.3, 0.4) is 0 Å². The molecule has 0 N–H and O–H groups in total. The maximum Gasteiger partial charge on any atom is 0.306 e. The Morgan fingerprint density at radius 2 is 0.713 bits per heavy atom. The fourth-order valence-corrected chi connectivity index (χ4v) is 8.26. The third kappa shape index (κ3) is 61.1. The zero-order valence-electron chi connectivity index (χ0n) is 51.6. The van der Waals surface area contributed by atoms with Crippen LogP contribution in [0.5, 0.6) is 0 Å². The van der Waals surface area contributed by atoms with Crippen LogP contribution in [0.2, 0.25) is 0 Å². The largest absolute Gasteiger partial charge is 0.545 e. The average molecular weight is 1110 g/mol. The van der Waals surface area contributed by atoms with Crippen molar-refractivity contribution in [2.24, 2.45) is 0 Å². The number of quaternary nitrogens is 1. The van der Waals surface area contributed by atoms with Crippen LogP contribution in [-0.2, 0) is 33.3 Å². The number of ether oxygens (including phenoxy) is 4. The number of allylic oxidation sites excluding steroid dienone is 22. The molecule has 0 aromatic rings. The van der Waals surface area contributed by atoms with Gasteiger partial charge in [0.05, 0.1) is 40.3 Å². The van der Waals surface area contributed by atoms with Crippen molar-refractivity contribution < 1.29 is 42.9 Å². The Labute approximate surface area is 490 Å². The predicted molar refractivity (Wildman–Crippen MR) is 338 cm³/mol. The van der Waals surface area contributed by atoms with Gasteiger partial charge >= 0.3 is 11.9 Å². The summed E-state index contributed by atoms with van der Waals surface area (Å²) in [6, 6.07) is 0. The number of carbonyl (C=O) groups excluding carboxylic acids is 3. The van der Waals surface area contributed by atoms with Crippen molar-refractivity contribution in [2.75, 3.05) is 47.5 Å². The summed E-state index contributed by atoms with van der Waals surface area (Å²) in [5, 5.41) is 11.8. The molecule has 0 saturated heterocycles. The minimum atomic E-state index is -1.63. The van der Waals surface area contributed by atoms with Gasteiger partial charge in [-0.2, -0.15) is 0 Å². The first-order chi connectivity index (χ1) is 39.1. The molecule has 0 radical (unpaired) electrons. The molecule has 0 amide bonds. The lowest BCUT2D eigenvalue weighted by molar-refractivity contribution is -0.870. The maximum absolute atomic E-state index is 12.9. The highest BCUT2D eigenvalue weighted by Gasteiger charge is 2.22. The zero-order valence-corrected chi connectivity index (χ0v) is 51.6.